The Morgan fingerprint density at radius 2 is 2.00 bits per heavy atom. The number of pyridine rings is 1. The van der Waals surface area contributed by atoms with Gasteiger partial charge in [-0.15, -0.1) is 0 Å². The lowest BCUT2D eigenvalue weighted by molar-refractivity contribution is 0.0929. The maximum absolute atomic E-state index is 15.0. The number of rotatable bonds is 0. The van der Waals surface area contributed by atoms with E-state index in [9.17, 15) is 14.0 Å². The fourth-order valence-electron chi connectivity index (χ4n) is 4.25. The van der Waals surface area contributed by atoms with Crippen molar-refractivity contribution in [3.63, 3.8) is 0 Å². The van der Waals surface area contributed by atoms with Crippen molar-refractivity contribution >= 4 is 17.5 Å². The van der Waals surface area contributed by atoms with Gasteiger partial charge in [-0.2, -0.15) is 0 Å². The van der Waals surface area contributed by atoms with Crippen molar-refractivity contribution < 1.29 is 9.18 Å². The average Bonchev–Trinajstić information content (AvgIpc) is 3.12. The normalized spacial score (nSPS) is 19.5. The van der Waals surface area contributed by atoms with E-state index in [1.54, 1.807) is 10.6 Å². The van der Waals surface area contributed by atoms with Gasteiger partial charge in [-0.1, -0.05) is 17.7 Å². The Bertz CT molecular complexity index is 1010. The van der Waals surface area contributed by atoms with Crippen molar-refractivity contribution in [1.82, 2.24) is 9.88 Å². The zero-order valence-corrected chi connectivity index (χ0v) is 14.3. The van der Waals surface area contributed by atoms with E-state index in [-0.39, 0.29) is 22.0 Å². The predicted octanol–water partition coefficient (Wildman–Crippen LogP) is 3.07. The molecule has 2 aliphatic heterocycles. The lowest BCUT2D eigenvalue weighted by Gasteiger charge is -2.26. The molecule has 1 aromatic carbocycles. The maximum Gasteiger partial charge on any atom is 0.254 e. The molecule has 1 aromatic heterocycles. The van der Waals surface area contributed by atoms with Crippen LogP contribution >= 0.6 is 11.6 Å². The molecule has 1 spiro atoms. The van der Waals surface area contributed by atoms with Crippen molar-refractivity contribution in [3.05, 3.63) is 56.2 Å². The predicted molar refractivity (Wildman–Crippen MR) is 92.6 cm³/mol. The Labute approximate surface area is 148 Å². The van der Waals surface area contributed by atoms with Gasteiger partial charge in [0.05, 0.1) is 10.6 Å². The molecule has 128 valence electrons. The third-order valence-corrected chi connectivity index (χ3v) is 5.94. The molecule has 1 amide bonds. The van der Waals surface area contributed by atoms with E-state index in [1.807, 2.05) is 6.07 Å². The molecule has 1 fully saturated rings. The number of hydrogen-bond acceptors (Lipinski definition) is 2. The number of benzene rings is 1. The van der Waals surface area contributed by atoms with E-state index in [0.29, 0.717) is 41.8 Å². The number of carbonyl (C=O) groups excluding carboxylic acids is 1. The van der Waals surface area contributed by atoms with E-state index < -0.39 is 5.82 Å². The molecule has 6 heteroatoms. The van der Waals surface area contributed by atoms with Crippen LogP contribution in [-0.4, -0.2) is 16.0 Å². The fourth-order valence-corrected chi connectivity index (χ4v) is 4.41. The SMILES string of the molecule is O=C1NC2(CC2)Cc2ccc(Cl)c(F)c2-c2cc(=O)n3c(c21)CCC3. The number of aromatic nitrogens is 1. The molecule has 0 saturated heterocycles. The molecule has 0 atom stereocenters. The number of amides is 1. The summed E-state index contributed by atoms with van der Waals surface area (Å²) in [5, 5.41) is 3.15. The van der Waals surface area contributed by atoms with Gasteiger partial charge in [0.2, 0.25) is 0 Å². The molecular weight excluding hydrogens is 343 g/mol. The first kappa shape index (κ1) is 15.1. The molecule has 1 saturated carbocycles. The van der Waals surface area contributed by atoms with E-state index in [2.05, 4.69) is 5.32 Å². The van der Waals surface area contributed by atoms with Crippen molar-refractivity contribution in [2.45, 2.75) is 44.2 Å². The van der Waals surface area contributed by atoms with Gasteiger partial charge < -0.3 is 9.88 Å². The van der Waals surface area contributed by atoms with Gasteiger partial charge in [-0.3, -0.25) is 9.59 Å². The molecule has 1 N–H and O–H groups in total. The number of carbonyl (C=O) groups is 1. The second-order valence-corrected chi connectivity index (χ2v) is 7.69. The van der Waals surface area contributed by atoms with E-state index in [1.165, 1.54) is 6.07 Å². The molecule has 4 nitrogen and oxygen atoms in total. The topological polar surface area (TPSA) is 51.1 Å². The van der Waals surface area contributed by atoms with E-state index in [4.69, 9.17) is 11.6 Å². The molecule has 5 rings (SSSR count). The Morgan fingerprint density at radius 1 is 1.20 bits per heavy atom. The maximum atomic E-state index is 15.0. The summed E-state index contributed by atoms with van der Waals surface area (Å²) in [6.07, 6.45) is 3.78. The Kier molecular flexibility index (Phi) is 2.99. The summed E-state index contributed by atoms with van der Waals surface area (Å²) in [5.41, 5.74) is 2.15. The van der Waals surface area contributed by atoms with Gasteiger partial charge >= 0.3 is 0 Å². The van der Waals surface area contributed by atoms with E-state index in [0.717, 1.165) is 24.8 Å². The Hall–Kier alpha value is -2.14. The monoisotopic (exact) mass is 358 g/mol. The van der Waals surface area contributed by atoms with Crippen LogP contribution in [-0.2, 0) is 19.4 Å². The molecule has 0 unspecified atom stereocenters. The molecular formula is C19H16ClFN2O2. The van der Waals surface area contributed by atoms with E-state index >= 15 is 0 Å². The second kappa shape index (κ2) is 4.94. The summed E-state index contributed by atoms with van der Waals surface area (Å²) in [6.45, 7) is 0.602. The largest absolute Gasteiger partial charge is 0.346 e. The third kappa shape index (κ3) is 2.11. The van der Waals surface area contributed by atoms with Crippen molar-refractivity contribution in [3.8, 4) is 11.1 Å². The first-order chi connectivity index (χ1) is 12.0. The number of hydrogen-bond donors (Lipinski definition) is 1. The minimum atomic E-state index is -0.548. The fraction of sp³-hybridized carbons (Fsp3) is 0.368. The van der Waals surface area contributed by atoms with Crippen LogP contribution < -0.4 is 10.9 Å². The van der Waals surface area contributed by atoms with Gasteiger partial charge in [0.1, 0.15) is 5.82 Å². The highest BCUT2D eigenvalue weighted by Crippen LogP contribution is 2.45. The van der Waals surface area contributed by atoms with Crippen molar-refractivity contribution in [2.75, 3.05) is 0 Å². The summed E-state index contributed by atoms with van der Waals surface area (Å²) < 4.78 is 16.6. The first-order valence-corrected chi connectivity index (χ1v) is 8.93. The van der Waals surface area contributed by atoms with Crippen LogP contribution in [0.2, 0.25) is 5.02 Å². The minimum absolute atomic E-state index is 0.0103. The molecule has 3 aliphatic rings. The average molecular weight is 359 g/mol. The van der Waals surface area contributed by atoms with Crippen LogP contribution in [0.3, 0.4) is 0 Å². The summed E-state index contributed by atoms with van der Waals surface area (Å²) in [6, 6.07) is 4.76. The number of nitrogens with zero attached hydrogens (tertiary/aromatic N) is 1. The minimum Gasteiger partial charge on any atom is -0.346 e. The second-order valence-electron chi connectivity index (χ2n) is 7.28. The molecule has 3 heterocycles. The highest BCUT2D eigenvalue weighted by atomic mass is 35.5. The zero-order valence-electron chi connectivity index (χ0n) is 13.5. The highest BCUT2D eigenvalue weighted by molar-refractivity contribution is 6.31. The van der Waals surface area contributed by atoms with Crippen LogP contribution in [0.4, 0.5) is 4.39 Å². The Balaban J connectivity index is 1.90. The number of nitrogens with one attached hydrogen (secondary N) is 1. The van der Waals surface area contributed by atoms with Crippen LogP contribution in [0.15, 0.2) is 23.0 Å². The molecule has 2 aromatic rings. The lowest BCUT2D eigenvalue weighted by Crippen LogP contribution is -2.41. The van der Waals surface area contributed by atoms with Crippen molar-refractivity contribution in [1.29, 1.82) is 0 Å². The Morgan fingerprint density at radius 3 is 2.76 bits per heavy atom. The summed E-state index contributed by atoms with van der Waals surface area (Å²) in [5.74, 6) is -0.753. The van der Waals surface area contributed by atoms with Crippen molar-refractivity contribution in [2.24, 2.45) is 0 Å². The summed E-state index contributed by atoms with van der Waals surface area (Å²) in [7, 11) is 0. The third-order valence-electron chi connectivity index (χ3n) is 5.65. The van der Waals surface area contributed by atoms with Gasteiger partial charge in [-0.25, -0.2) is 4.39 Å². The molecule has 25 heavy (non-hydrogen) atoms. The standard InChI is InChI=1S/C19H16ClFN2O2/c20-12-4-3-10-9-19(5-6-19)22-18(25)16-11(15(10)17(12)21)8-14(24)23-7-1-2-13(16)23/h3-4,8H,1-2,5-7,9H2,(H,22,25). The van der Waals surface area contributed by atoms with Gasteiger partial charge in [-0.05, 0) is 43.7 Å². The van der Waals surface area contributed by atoms with Crippen LogP contribution in [0.5, 0.6) is 0 Å². The zero-order chi connectivity index (χ0) is 17.3. The first-order valence-electron chi connectivity index (χ1n) is 8.56. The van der Waals surface area contributed by atoms with Crippen LogP contribution in [0.25, 0.3) is 11.1 Å². The van der Waals surface area contributed by atoms with Gasteiger partial charge in [0.15, 0.2) is 0 Å². The molecule has 0 bridgehead atoms. The number of halogens is 2. The highest BCUT2D eigenvalue weighted by Gasteiger charge is 2.47. The smallest absolute Gasteiger partial charge is 0.254 e. The van der Waals surface area contributed by atoms with Crippen LogP contribution in [0.1, 0.15) is 40.9 Å². The van der Waals surface area contributed by atoms with Gasteiger partial charge in [0.25, 0.3) is 11.5 Å². The summed E-state index contributed by atoms with van der Waals surface area (Å²) >= 11 is 6.03. The quantitative estimate of drug-likeness (QED) is 0.787. The van der Waals surface area contributed by atoms with Crippen LogP contribution in [0, 0.1) is 5.82 Å². The lowest BCUT2D eigenvalue weighted by atomic mass is 9.88. The summed E-state index contributed by atoms with van der Waals surface area (Å²) in [4.78, 5) is 25.5. The molecule has 1 aliphatic carbocycles. The van der Waals surface area contributed by atoms with Gasteiger partial charge in [0, 0.05) is 35.0 Å². The molecule has 0 radical (unpaired) electrons. The number of fused-ring (bicyclic) bond motifs is 5.